The highest BCUT2D eigenvalue weighted by atomic mass is 15.2. The minimum Gasteiger partial charge on any atom is -0.381 e. The van der Waals surface area contributed by atoms with Crippen molar-refractivity contribution in [2.45, 2.75) is 45.6 Å². The van der Waals surface area contributed by atoms with E-state index < -0.39 is 0 Å². The highest BCUT2D eigenvalue weighted by Crippen LogP contribution is 2.32. The van der Waals surface area contributed by atoms with E-state index in [4.69, 9.17) is 4.98 Å². The van der Waals surface area contributed by atoms with Crippen LogP contribution in [-0.4, -0.2) is 24.1 Å². The summed E-state index contributed by atoms with van der Waals surface area (Å²) in [5.41, 5.74) is 1.19. The van der Waals surface area contributed by atoms with E-state index in [1.54, 1.807) is 0 Å². The van der Waals surface area contributed by atoms with Gasteiger partial charge in [0.1, 0.15) is 5.82 Å². The molecule has 21 heavy (non-hydrogen) atoms. The Kier molecular flexibility index (Phi) is 4.28. The first-order valence-electron chi connectivity index (χ1n) is 8.22. The van der Waals surface area contributed by atoms with Gasteiger partial charge in [-0.05, 0) is 26.7 Å². The maximum absolute atomic E-state index is 4.75. The highest BCUT2D eigenvalue weighted by molar-refractivity contribution is 6.00. The van der Waals surface area contributed by atoms with E-state index in [2.05, 4.69) is 48.3 Å². The van der Waals surface area contributed by atoms with Crippen molar-refractivity contribution in [3.8, 4) is 0 Å². The number of aromatic nitrogens is 1. The first-order valence-corrected chi connectivity index (χ1v) is 8.22. The topological polar surface area (TPSA) is 28.2 Å². The van der Waals surface area contributed by atoms with Crippen molar-refractivity contribution in [2.24, 2.45) is 0 Å². The van der Waals surface area contributed by atoms with Crippen molar-refractivity contribution in [1.82, 2.24) is 4.98 Å². The van der Waals surface area contributed by atoms with Crippen LogP contribution >= 0.6 is 0 Å². The Morgan fingerprint density at radius 3 is 2.43 bits per heavy atom. The molecule has 0 amide bonds. The monoisotopic (exact) mass is 283 g/mol. The van der Waals surface area contributed by atoms with Gasteiger partial charge in [0, 0.05) is 29.9 Å². The number of hydrogen-bond acceptors (Lipinski definition) is 3. The number of rotatable bonds is 5. The maximum atomic E-state index is 4.75. The maximum Gasteiger partial charge on any atom is 0.136 e. The van der Waals surface area contributed by atoms with E-state index in [9.17, 15) is 0 Å². The Balaban J connectivity index is 2.01. The predicted octanol–water partition coefficient (Wildman–Crippen LogP) is 4.44. The summed E-state index contributed by atoms with van der Waals surface area (Å²) >= 11 is 0. The zero-order chi connectivity index (χ0) is 14.7. The summed E-state index contributed by atoms with van der Waals surface area (Å²) in [6.45, 7) is 6.35. The van der Waals surface area contributed by atoms with E-state index in [0.29, 0.717) is 6.04 Å². The quantitative estimate of drug-likeness (QED) is 0.879. The Labute approximate surface area is 127 Å². The Morgan fingerprint density at radius 2 is 1.76 bits per heavy atom. The van der Waals surface area contributed by atoms with Crippen molar-refractivity contribution in [1.29, 1.82) is 0 Å². The molecule has 1 aromatic carbocycles. The van der Waals surface area contributed by atoms with Crippen molar-refractivity contribution >= 4 is 22.3 Å². The van der Waals surface area contributed by atoms with Gasteiger partial charge in [-0.15, -0.1) is 0 Å². The Hall–Kier alpha value is -1.77. The van der Waals surface area contributed by atoms with Crippen LogP contribution in [0.4, 0.5) is 11.5 Å². The molecule has 1 N–H and O–H groups in total. The number of anilines is 2. The second-order valence-electron chi connectivity index (χ2n) is 5.84. The number of nitrogens with one attached hydrogen (secondary N) is 1. The molecule has 2 aromatic rings. The van der Waals surface area contributed by atoms with Crippen molar-refractivity contribution in [3.63, 3.8) is 0 Å². The fourth-order valence-electron chi connectivity index (χ4n) is 3.36. The molecule has 0 atom stereocenters. The largest absolute Gasteiger partial charge is 0.381 e. The number of fused-ring (bicyclic) bond motifs is 1. The standard InChI is InChI=1S/C18H25N3/c1-3-21(4-2)18-16-12-8-7-11-15(16)17(13-19-18)20-14-9-5-6-10-14/h7-8,11-14,20H,3-6,9-10H2,1-2H3. The number of benzene rings is 1. The molecule has 0 radical (unpaired) electrons. The lowest BCUT2D eigenvalue weighted by molar-refractivity contribution is 0.756. The van der Waals surface area contributed by atoms with Gasteiger partial charge in [-0.25, -0.2) is 4.98 Å². The van der Waals surface area contributed by atoms with E-state index in [1.165, 1.54) is 42.1 Å². The average molecular weight is 283 g/mol. The van der Waals surface area contributed by atoms with Crippen LogP contribution < -0.4 is 10.2 Å². The van der Waals surface area contributed by atoms with Crippen molar-refractivity contribution in [3.05, 3.63) is 30.5 Å². The SMILES string of the molecule is CCN(CC)c1ncc(NC2CCCC2)c2ccccc12. The molecule has 3 nitrogen and oxygen atoms in total. The van der Waals surface area contributed by atoms with Crippen molar-refractivity contribution in [2.75, 3.05) is 23.3 Å². The van der Waals surface area contributed by atoms with Crippen LogP contribution in [0.3, 0.4) is 0 Å². The number of hydrogen-bond donors (Lipinski definition) is 1. The van der Waals surface area contributed by atoms with Gasteiger partial charge in [0.2, 0.25) is 0 Å². The molecular weight excluding hydrogens is 258 g/mol. The molecule has 1 fully saturated rings. The lowest BCUT2D eigenvalue weighted by atomic mass is 10.1. The summed E-state index contributed by atoms with van der Waals surface area (Å²) in [7, 11) is 0. The van der Waals surface area contributed by atoms with Gasteiger partial charge >= 0.3 is 0 Å². The molecular formula is C18H25N3. The lowest BCUT2D eigenvalue weighted by Gasteiger charge is -2.23. The van der Waals surface area contributed by atoms with Gasteiger partial charge in [0.15, 0.2) is 0 Å². The zero-order valence-corrected chi connectivity index (χ0v) is 13.1. The van der Waals surface area contributed by atoms with Crippen LogP contribution in [0.2, 0.25) is 0 Å². The molecule has 1 aliphatic carbocycles. The minimum atomic E-state index is 0.620. The van der Waals surface area contributed by atoms with Gasteiger partial charge in [0.05, 0.1) is 11.9 Å². The van der Waals surface area contributed by atoms with Crippen LogP contribution in [0.1, 0.15) is 39.5 Å². The van der Waals surface area contributed by atoms with Gasteiger partial charge in [0.25, 0.3) is 0 Å². The van der Waals surface area contributed by atoms with Crippen LogP contribution in [0, 0.1) is 0 Å². The molecule has 3 heteroatoms. The van der Waals surface area contributed by atoms with Crippen LogP contribution in [0.5, 0.6) is 0 Å². The third-order valence-electron chi connectivity index (χ3n) is 4.55. The summed E-state index contributed by atoms with van der Waals surface area (Å²) in [5.74, 6) is 1.10. The molecule has 3 rings (SSSR count). The molecule has 0 aliphatic heterocycles. The summed E-state index contributed by atoms with van der Waals surface area (Å²) in [4.78, 5) is 7.08. The molecule has 1 aromatic heterocycles. The summed E-state index contributed by atoms with van der Waals surface area (Å²) in [6.07, 6.45) is 7.29. The molecule has 1 saturated carbocycles. The van der Waals surface area contributed by atoms with E-state index in [1.807, 2.05) is 6.20 Å². The average Bonchev–Trinajstić information content (AvgIpc) is 3.03. The molecule has 1 heterocycles. The molecule has 0 spiro atoms. The molecule has 1 aliphatic rings. The third kappa shape index (κ3) is 2.82. The molecule has 0 saturated heterocycles. The van der Waals surface area contributed by atoms with Gasteiger partial charge in [-0.1, -0.05) is 37.1 Å². The second kappa shape index (κ2) is 6.33. The fraction of sp³-hybridized carbons (Fsp3) is 0.500. The highest BCUT2D eigenvalue weighted by Gasteiger charge is 2.17. The predicted molar refractivity (Wildman–Crippen MR) is 91.2 cm³/mol. The van der Waals surface area contributed by atoms with Gasteiger partial charge < -0.3 is 10.2 Å². The summed E-state index contributed by atoms with van der Waals surface area (Å²) in [6, 6.07) is 9.25. The van der Waals surface area contributed by atoms with Gasteiger partial charge in [-0.3, -0.25) is 0 Å². The second-order valence-corrected chi connectivity index (χ2v) is 5.84. The van der Waals surface area contributed by atoms with E-state index in [-0.39, 0.29) is 0 Å². The Morgan fingerprint density at radius 1 is 1.10 bits per heavy atom. The normalized spacial score (nSPS) is 15.5. The summed E-state index contributed by atoms with van der Waals surface area (Å²) < 4.78 is 0. The molecule has 112 valence electrons. The number of nitrogens with zero attached hydrogens (tertiary/aromatic N) is 2. The summed E-state index contributed by atoms with van der Waals surface area (Å²) in [5, 5.41) is 6.25. The van der Waals surface area contributed by atoms with Crippen LogP contribution in [0.15, 0.2) is 30.5 Å². The first kappa shape index (κ1) is 14.2. The first-order chi connectivity index (χ1) is 10.3. The van der Waals surface area contributed by atoms with E-state index in [0.717, 1.165) is 18.9 Å². The van der Waals surface area contributed by atoms with Gasteiger partial charge in [-0.2, -0.15) is 0 Å². The molecule has 0 unspecified atom stereocenters. The number of pyridine rings is 1. The van der Waals surface area contributed by atoms with Crippen LogP contribution in [0.25, 0.3) is 10.8 Å². The lowest BCUT2D eigenvalue weighted by Crippen LogP contribution is -2.23. The van der Waals surface area contributed by atoms with E-state index >= 15 is 0 Å². The van der Waals surface area contributed by atoms with Crippen molar-refractivity contribution < 1.29 is 0 Å². The minimum absolute atomic E-state index is 0.620. The molecule has 0 bridgehead atoms. The van der Waals surface area contributed by atoms with Crippen LogP contribution in [-0.2, 0) is 0 Å². The third-order valence-corrected chi connectivity index (χ3v) is 4.55. The Bertz CT molecular complexity index is 598. The zero-order valence-electron chi connectivity index (χ0n) is 13.1. The fourth-order valence-corrected chi connectivity index (χ4v) is 3.36. The smallest absolute Gasteiger partial charge is 0.136 e.